The van der Waals surface area contributed by atoms with Crippen LogP contribution in [0.1, 0.15) is 12.8 Å². The van der Waals surface area contributed by atoms with Gasteiger partial charge in [0.25, 0.3) is 4.92 Å². The molecule has 6 nitrogen and oxygen atoms in total. The molecule has 0 atom stereocenters. The van der Waals surface area contributed by atoms with Crippen LogP contribution in [0.15, 0.2) is 29.2 Å². The summed E-state index contributed by atoms with van der Waals surface area (Å²) in [6, 6.07) is 5.19. The van der Waals surface area contributed by atoms with E-state index in [1.165, 1.54) is 28.6 Å². The van der Waals surface area contributed by atoms with Crippen molar-refractivity contribution in [1.82, 2.24) is 4.31 Å². The van der Waals surface area contributed by atoms with Crippen LogP contribution in [-0.4, -0.2) is 35.9 Å². The van der Waals surface area contributed by atoms with Crippen molar-refractivity contribution in [3.63, 3.8) is 0 Å². The lowest BCUT2D eigenvalue weighted by Crippen LogP contribution is -2.27. The number of hydrogen-bond acceptors (Lipinski definition) is 3. The van der Waals surface area contributed by atoms with Gasteiger partial charge in [0.2, 0.25) is 10.0 Å². The van der Waals surface area contributed by atoms with Crippen LogP contribution in [0.4, 0.5) is 5.69 Å². The molecule has 1 N–H and O–H groups in total. The van der Waals surface area contributed by atoms with Gasteiger partial charge in [-0.3, -0.25) is 0 Å². The number of hydrogen-bond donors (Lipinski definition) is 1. The van der Waals surface area contributed by atoms with Crippen molar-refractivity contribution in [2.45, 2.75) is 17.7 Å². The zero-order valence-corrected chi connectivity index (χ0v) is 9.93. The molecule has 0 aliphatic carbocycles. The molecule has 7 heteroatoms. The summed E-state index contributed by atoms with van der Waals surface area (Å²) in [6.45, 7) is 1.08. The van der Waals surface area contributed by atoms with Gasteiger partial charge < -0.3 is 0 Å². The van der Waals surface area contributed by atoms with Crippen LogP contribution >= 0.6 is 0 Å². The topological polar surface area (TPSA) is 77.7 Å². The monoisotopic (exact) mass is 257 g/mol. The SMILES string of the molecule is O=[N+](O)c1ccc(S(=O)(=O)N2CCCC2)cc1. The molecule has 0 radical (unpaired) electrons. The highest BCUT2D eigenvalue weighted by molar-refractivity contribution is 7.89. The van der Waals surface area contributed by atoms with Crippen LogP contribution in [0.3, 0.4) is 0 Å². The molecule has 1 aliphatic heterocycles. The van der Waals surface area contributed by atoms with Crippen LogP contribution in [-0.2, 0) is 10.0 Å². The molecule has 1 aliphatic rings. The highest BCUT2D eigenvalue weighted by Crippen LogP contribution is 2.22. The lowest BCUT2D eigenvalue weighted by Gasteiger charge is -2.14. The summed E-state index contributed by atoms with van der Waals surface area (Å²) in [6.07, 6.45) is 1.75. The van der Waals surface area contributed by atoms with Gasteiger partial charge in [-0.05, 0) is 25.0 Å². The van der Waals surface area contributed by atoms with Gasteiger partial charge in [-0.15, -0.1) is 0 Å². The number of sulfonamides is 1. The van der Waals surface area contributed by atoms with E-state index >= 15 is 0 Å². The van der Waals surface area contributed by atoms with Crippen LogP contribution in [0, 0.1) is 4.91 Å². The summed E-state index contributed by atoms with van der Waals surface area (Å²) in [4.78, 5) is 10.4. The molecular formula is C10H13N2O4S+. The maximum atomic E-state index is 12.1. The Bertz CT molecular complexity index is 518. The third-order valence-electron chi connectivity index (χ3n) is 2.76. The van der Waals surface area contributed by atoms with Gasteiger partial charge in [0.15, 0.2) is 0 Å². The first kappa shape index (κ1) is 12.0. The maximum absolute atomic E-state index is 12.1. The first-order chi connectivity index (χ1) is 8.01. The van der Waals surface area contributed by atoms with Crippen molar-refractivity contribution in [3.8, 4) is 0 Å². The second kappa shape index (κ2) is 4.42. The molecule has 1 fully saturated rings. The van der Waals surface area contributed by atoms with E-state index in [2.05, 4.69) is 0 Å². The van der Waals surface area contributed by atoms with E-state index in [4.69, 9.17) is 5.21 Å². The summed E-state index contributed by atoms with van der Waals surface area (Å²) in [5, 5.41) is 8.65. The van der Waals surface area contributed by atoms with Crippen molar-refractivity contribution in [1.29, 1.82) is 0 Å². The summed E-state index contributed by atoms with van der Waals surface area (Å²) in [5.74, 6) is 0. The van der Waals surface area contributed by atoms with Crippen LogP contribution in [0.2, 0.25) is 0 Å². The lowest BCUT2D eigenvalue weighted by atomic mass is 10.3. The fraction of sp³-hybridized carbons (Fsp3) is 0.400. The Hall–Kier alpha value is -1.47. The Labute approximate surface area is 99.1 Å². The second-order valence-corrected chi connectivity index (χ2v) is 5.82. The Morgan fingerprint density at radius 1 is 1.12 bits per heavy atom. The Kier molecular flexibility index (Phi) is 3.12. The Morgan fingerprint density at radius 3 is 2.12 bits per heavy atom. The molecule has 92 valence electrons. The standard InChI is InChI=1S/C10H13N2O4S/c13-12(14)9-3-5-10(6-4-9)17(15,16)11-7-1-2-8-11/h3-6H,1-2,7-8H2,(H,13,14)/q+1. The zero-order chi connectivity index (χ0) is 12.5. The van der Waals surface area contributed by atoms with E-state index < -0.39 is 10.0 Å². The molecule has 0 bridgehead atoms. The van der Waals surface area contributed by atoms with Gasteiger partial charge in [-0.1, -0.05) is 0 Å². The van der Waals surface area contributed by atoms with Crippen LogP contribution < -0.4 is 0 Å². The predicted molar refractivity (Wildman–Crippen MR) is 59.5 cm³/mol. The van der Waals surface area contributed by atoms with E-state index in [0.29, 0.717) is 13.1 Å². The van der Waals surface area contributed by atoms with Crippen LogP contribution in [0.5, 0.6) is 0 Å². The first-order valence-corrected chi connectivity index (χ1v) is 6.72. The fourth-order valence-corrected chi connectivity index (χ4v) is 3.34. The summed E-state index contributed by atoms with van der Waals surface area (Å²) >= 11 is 0. The van der Waals surface area contributed by atoms with Gasteiger partial charge in [0, 0.05) is 25.2 Å². The number of nitrogens with zero attached hydrogens (tertiary/aromatic N) is 2. The van der Waals surface area contributed by atoms with Crippen molar-refractivity contribution in [2.75, 3.05) is 13.1 Å². The van der Waals surface area contributed by atoms with E-state index in [0.717, 1.165) is 12.8 Å². The Morgan fingerprint density at radius 2 is 1.65 bits per heavy atom. The van der Waals surface area contributed by atoms with Gasteiger partial charge in [-0.2, -0.15) is 4.31 Å². The summed E-state index contributed by atoms with van der Waals surface area (Å²) in [5.41, 5.74) is 0.00497. The summed E-state index contributed by atoms with van der Waals surface area (Å²) in [7, 11) is -3.45. The van der Waals surface area contributed by atoms with Gasteiger partial charge in [0.1, 0.15) is 0 Å². The van der Waals surface area contributed by atoms with Crippen molar-refractivity contribution in [3.05, 3.63) is 29.2 Å². The lowest BCUT2D eigenvalue weighted by molar-refractivity contribution is -0.729. The van der Waals surface area contributed by atoms with Crippen molar-refractivity contribution >= 4 is 15.7 Å². The van der Waals surface area contributed by atoms with Gasteiger partial charge >= 0.3 is 5.69 Å². The molecule has 0 amide bonds. The molecule has 0 unspecified atom stereocenters. The molecule has 1 heterocycles. The zero-order valence-electron chi connectivity index (χ0n) is 9.11. The first-order valence-electron chi connectivity index (χ1n) is 5.28. The molecule has 1 aromatic rings. The van der Waals surface area contributed by atoms with Crippen molar-refractivity contribution in [2.24, 2.45) is 0 Å². The molecule has 2 rings (SSSR count). The molecule has 1 saturated heterocycles. The minimum Gasteiger partial charge on any atom is -0.241 e. The second-order valence-electron chi connectivity index (χ2n) is 3.88. The minimum atomic E-state index is -3.45. The molecule has 17 heavy (non-hydrogen) atoms. The highest BCUT2D eigenvalue weighted by Gasteiger charge is 2.27. The average molecular weight is 257 g/mol. The van der Waals surface area contributed by atoms with Crippen molar-refractivity contribution < 1.29 is 18.5 Å². The minimum absolute atomic E-state index is 0.00497. The third-order valence-corrected chi connectivity index (χ3v) is 4.67. The maximum Gasteiger partial charge on any atom is 0.316 e. The van der Waals surface area contributed by atoms with Gasteiger partial charge in [0.05, 0.1) is 9.80 Å². The number of rotatable bonds is 3. The Balaban J connectivity index is 2.30. The van der Waals surface area contributed by atoms with E-state index in [1.807, 2.05) is 0 Å². The number of benzene rings is 1. The van der Waals surface area contributed by atoms with Crippen LogP contribution in [0.25, 0.3) is 0 Å². The predicted octanol–water partition coefficient (Wildman–Crippen LogP) is 1.27. The average Bonchev–Trinajstić information content (AvgIpc) is 2.83. The van der Waals surface area contributed by atoms with E-state index in [9.17, 15) is 13.3 Å². The quantitative estimate of drug-likeness (QED) is 0.827. The summed E-state index contributed by atoms with van der Waals surface area (Å²) < 4.78 is 25.6. The normalized spacial score (nSPS) is 17.2. The smallest absolute Gasteiger partial charge is 0.241 e. The fourth-order valence-electron chi connectivity index (χ4n) is 1.82. The highest BCUT2D eigenvalue weighted by atomic mass is 32.2. The van der Waals surface area contributed by atoms with E-state index in [1.54, 1.807) is 0 Å². The third kappa shape index (κ3) is 2.29. The van der Waals surface area contributed by atoms with Gasteiger partial charge in [-0.25, -0.2) is 13.6 Å². The molecule has 0 spiro atoms. The molecular weight excluding hydrogens is 244 g/mol. The van der Waals surface area contributed by atoms with E-state index in [-0.39, 0.29) is 15.5 Å². The molecule has 0 saturated carbocycles. The molecule has 1 aromatic carbocycles. The molecule has 0 aromatic heterocycles. The largest absolute Gasteiger partial charge is 0.316 e.